The van der Waals surface area contributed by atoms with Crippen molar-refractivity contribution in [2.75, 3.05) is 33.2 Å². The third-order valence-electron chi connectivity index (χ3n) is 4.52. The Kier molecular flexibility index (Phi) is 4.22. The summed E-state index contributed by atoms with van der Waals surface area (Å²) >= 11 is 0. The summed E-state index contributed by atoms with van der Waals surface area (Å²) < 4.78 is 6.13. The van der Waals surface area contributed by atoms with Gasteiger partial charge in [0.1, 0.15) is 0 Å². The molecule has 0 amide bonds. The molecule has 2 aliphatic carbocycles. The van der Waals surface area contributed by atoms with Crippen molar-refractivity contribution >= 4 is 0 Å². The van der Waals surface area contributed by atoms with Gasteiger partial charge >= 0.3 is 0 Å². The molecule has 18 heavy (non-hydrogen) atoms. The van der Waals surface area contributed by atoms with Gasteiger partial charge in [-0.3, -0.25) is 0 Å². The molecule has 0 aromatic rings. The Labute approximate surface area is 111 Å². The van der Waals surface area contributed by atoms with Gasteiger partial charge in [-0.05, 0) is 57.4 Å². The number of hydrogen-bond acceptors (Lipinski definition) is 3. The molecule has 2 atom stereocenters. The quantitative estimate of drug-likeness (QED) is 0.714. The Balaban J connectivity index is 1.42. The Hall–Kier alpha value is -0.120. The van der Waals surface area contributed by atoms with Gasteiger partial charge in [-0.2, -0.15) is 0 Å². The maximum Gasteiger partial charge on any atom is 0.0707 e. The van der Waals surface area contributed by atoms with E-state index in [0.717, 1.165) is 18.4 Å². The summed E-state index contributed by atoms with van der Waals surface area (Å²) in [6.45, 7) is 4.88. The molecule has 0 radical (unpaired) electrons. The highest BCUT2D eigenvalue weighted by atomic mass is 16.5. The lowest BCUT2D eigenvalue weighted by Crippen LogP contribution is -2.36. The molecule has 3 rings (SSSR count). The van der Waals surface area contributed by atoms with Crippen LogP contribution in [0, 0.1) is 11.8 Å². The molecule has 3 nitrogen and oxygen atoms in total. The second kappa shape index (κ2) is 5.89. The number of likely N-dealkylation sites (N-methyl/N-ethyl adjacent to an activating group) is 1. The minimum absolute atomic E-state index is 0.462. The zero-order valence-electron chi connectivity index (χ0n) is 11.7. The molecular weight excluding hydrogens is 224 g/mol. The number of ether oxygens (including phenoxy) is 1. The highest BCUT2D eigenvalue weighted by molar-refractivity contribution is 4.85. The van der Waals surface area contributed by atoms with Crippen LogP contribution in [0.5, 0.6) is 0 Å². The van der Waals surface area contributed by atoms with Crippen LogP contribution < -0.4 is 5.32 Å². The van der Waals surface area contributed by atoms with Crippen LogP contribution in [0.25, 0.3) is 0 Å². The van der Waals surface area contributed by atoms with Crippen LogP contribution in [0.15, 0.2) is 0 Å². The Morgan fingerprint density at radius 2 is 1.50 bits per heavy atom. The predicted molar refractivity (Wildman–Crippen MR) is 73.7 cm³/mol. The highest BCUT2D eigenvalue weighted by Crippen LogP contribution is 2.34. The summed E-state index contributed by atoms with van der Waals surface area (Å²) in [7, 11) is 2.02. The predicted octanol–water partition coefficient (Wildman–Crippen LogP) is 1.88. The Morgan fingerprint density at radius 1 is 0.889 bits per heavy atom. The van der Waals surface area contributed by atoms with Crippen molar-refractivity contribution in [1.82, 2.24) is 10.2 Å². The monoisotopic (exact) mass is 252 g/mol. The molecule has 2 unspecified atom stereocenters. The van der Waals surface area contributed by atoms with Crippen LogP contribution in [0.4, 0.5) is 0 Å². The topological polar surface area (TPSA) is 24.5 Å². The van der Waals surface area contributed by atoms with Crippen molar-refractivity contribution in [3.8, 4) is 0 Å². The van der Waals surface area contributed by atoms with Crippen molar-refractivity contribution in [1.29, 1.82) is 0 Å². The zero-order valence-corrected chi connectivity index (χ0v) is 11.7. The first-order valence-corrected chi connectivity index (χ1v) is 7.86. The van der Waals surface area contributed by atoms with Crippen LogP contribution in [0.3, 0.4) is 0 Å². The average Bonchev–Trinajstić information content (AvgIpc) is 3.24. The Morgan fingerprint density at radius 3 is 2.06 bits per heavy atom. The highest BCUT2D eigenvalue weighted by Gasteiger charge is 2.32. The van der Waals surface area contributed by atoms with Crippen LogP contribution in [-0.4, -0.2) is 50.3 Å². The molecule has 3 aliphatic rings. The second-order valence-corrected chi connectivity index (χ2v) is 6.62. The van der Waals surface area contributed by atoms with Gasteiger partial charge in [0.05, 0.1) is 12.2 Å². The lowest BCUT2D eigenvalue weighted by molar-refractivity contribution is 0.0224. The van der Waals surface area contributed by atoms with E-state index in [9.17, 15) is 0 Å². The molecule has 1 heterocycles. The molecule has 3 heteroatoms. The molecule has 2 saturated carbocycles. The summed E-state index contributed by atoms with van der Waals surface area (Å²) in [5.41, 5.74) is 0. The third kappa shape index (κ3) is 3.94. The SMILES string of the molecule is CNCC1CCC(CN(CC2CC2)CC2CC2)O1. The van der Waals surface area contributed by atoms with E-state index in [-0.39, 0.29) is 0 Å². The minimum Gasteiger partial charge on any atom is -0.372 e. The van der Waals surface area contributed by atoms with E-state index in [1.54, 1.807) is 0 Å². The molecule has 0 bridgehead atoms. The standard InChI is InChI=1S/C15H28N2O/c1-16-8-14-6-7-15(18-14)11-17(9-12-2-3-12)10-13-4-5-13/h12-16H,2-11H2,1H3. The molecule has 0 spiro atoms. The van der Waals surface area contributed by atoms with Crippen molar-refractivity contribution in [2.45, 2.75) is 50.7 Å². The van der Waals surface area contributed by atoms with Crippen LogP contribution >= 0.6 is 0 Å². The third-order valence-corrected chi connectivity index (χ3v) is 4.52. The van der Waals surface area contributed by atoms with Gasteiger partial charge in [-0.15, -0.1) is 0 Å². The fourth-order valence-corrected chi connectivity index (χ4v) is 3.13. The molecule has 0 aromatic carbocycles. The Bertz CT molecular complexity index is 249. The number of nitrogens with one attached hydrogen (secondary N) is 1. The van der Waals surface area contributed by atoms with Gasteiger partial charge < -0.3 is 15.0 Å². The largest absolute Gasteiger partial charge is 0.372 e. The van der Waals surface area contributed by atoms with Crippen molar-refractivity contribution in [2.24, 2.45) is 11.8 Å². The second-order valence-electron chi connectivity index (χ2n) is 6.62. The lowest BCUT2D eigenvalue weighted by Gasteiger charge is -2.25. The molecule has 104 valence electrons. The molecule has 1 saturated heterocycles. The van der Waals surface area contributed by atoms with Crippen LogP contribution in [0.2, 0.25) is 0 Å². The molecule has 3 fully saturated rings. The first-order valence-electron chi connectivity index (χ1n) is 7.86. The van der Waals surface area contributed by atoms with Gasteiger partial charge in [0.2, 0.25) is 0 Å². The fourth-order valence-electron chi connectivity index (χ4n) is 3.13. The molecular formula is C15H28N2O. The van der Waals surface area contributed by atoms with Crippen molar-refractivity contribution < 1.29 is 4.74 Å². The van der Waals surface area contributed by atoms with Gasteiger partial charge in [0.25, 0.3) is 0 Å². The molecule has 1 aliphatic heterocycles. The lowest BCUT2D eigenvalue weighted by atomic mass is 10.1. The average molecular weight is 252 g/mol. The van der Waals surface area contributed by atoms with Gasteiger partial charge in [0, 0.05) is 26.2 Å². The first-order chi connectivity index (χ1) is 8.83. The van der Waals surface area contributed by atoms with Crippen molar-refractivity contribution in [3.05, 3.63) is 0 Å². The maximum atomic E-state index is 6.13. The summed E-state index contributed by atoms with van der Waals surface area (Å²) in [5, 5.41) is 3.23. The summed E-state index contributed by atoms with van der Waals surface area (Å²) in [5.74, 6) is 2.02. The van der Waals surface area contributed by atoms with E-state index >= 15 is 0 Å². The summed E-state index contributed by atoms with van der Waals surface area (Å²) in [4.78, 5) is 2.71. The zero-order chi connectivity index (χ0) is 12.4. The number of hydrogen-bond donors (Lipinski definition) is 1. The van der Waals surface area contributed by atoms with E-state index in [1.807, 2.05) is 7.05 Å². The van der Waals surface area contributed by atoms with Crippen molar-refractivity contribution in [3.63, 3.8) is 0 Å². The van der Waals surface area contributed by atoms with E-state index in [4.69, 9.17) is 4.74 Å². The smallest absolute Gasteiger partial charge is 0.0707 e. The minimum atomic E-state index is 0.462. The van der Waals surface area contributed by atoms with Crippen LogP contribution in [0.1, 0.15) is 38.5 Å². The normalized spacial score (nSPS) is 32.3. The summed E-state index contributed by atoms with van der Waals surface area (Å²) in [6, 6.07) is 0. The number of nitrogens with zero attached hydrogens (tertiary/aromatic N) is 1. The van der Waals surface area contributed by atoms with Gasteiger partial charge in [0.15, 0.2) is 0 Å². The van der Waals surface area contributed by atoms with E-state index in [2.05, 4.69) is 10.2 Å². The molecule has 1 N–H and O–H groups in total. The summed E-state index contributed by atoms with van der Waals surface area (Å²) in [6.07, 6.45) is 9.34. The number of rotatable bonds is 8. The van der Waals surface area contributed by atoms with E-state index in [0.29, 0.717) is 12.2 Å². The van der Waals surface area contributed by atoms with Gasteiger partial charge in [-0.25, -0.2) is 0 Å². The first kappa shape index (κ1) is 12.9. The van der Waals surface area contributed by atoms with E-state index < -0.39 is 0 Å². The van der Waals surface area contributed by atoms with E-state index in [1.165, 1.54) is 58.2 Å². The fraction of sp³-hybridized carbons (Fsp3) is 1.00. The maximum absolute atomic E-state index is 6.13. The van der Waals surface area contributed by atoms with Crippen LogP contribution in [-0.2, 0) is 4.74 Å². The molecule has 0 aromatic heterocycles. The van der Waals surface area contributed by atoms with Gasteiger partial charge in [-0.1, -0.05) is 0 Å².